The maximum absolute atomic E-state index is 5.89. The van der Waals surface area contributed by atoms with Crippen molar-refractivity contribution in [2.45, 2.75) is 19.8 Å². The van der Waals surface area contributed by atoms with Gasteiger partial charge in [-0.1, -0.05) is 36.5 Å². The van der Waals surface area contributed by atoms with Crippen LogP contribution >= 0.6 is 35.4 Å². The van der Waals surface area contributed by atoms with Gasteiger partial charge in [0.05, 0.1) is 10.0 Å². The molecule has 0 saturated carbocycles. The van der Waals surface area contributed by atoms with E-state index >= 15 is 0 Å². The van der Waals surface area contributed by atoms with Gasteiger partial charge in [0, 0.05) is 12.2 Å². The molecule has 5 heteroatoms. The molecule has 1 aromatic rings. The molecule has 0 atom stereocenters. The molecule has 0 aromatic heterocycles. The molecule has 2 N–H and O–H groups in total. The first-order chi connectivity index (χ1) is 7.63. The number of hydrogen-bond donors (Lipinski definition) is 2. The molecule has 0 aliphatic heterocycles. The lowest BCUT2D eigenvalue weighted by Crippen LogP contribution is -2.29. The Hall–Kier alpha value is -0.510. The van der Waals surface area contributed by atoms with Crippen LogP contribution in [0.15, 0.2) is 18.2 Å². The number of anilines is 1. The molecule has 0 fully saturated rings. The molecule has 88 valence electrons. The van der Waals surface area contributed by atoms with E-state index in [4.69, 9.17) is 35.4 Å². The molecular weight excluding hydrogens is 263 g/mol. The Bertz CT molecular complexity index is 369. The minimum Gasteiger partial charge on any atom is -0.362 e. The molecule has 0 aliphatic carbocycles. The summed E-state index contributed by atoms with van der Waals surface area (Å²) < 4.78 is 0. The number of hydrogen-bond acceptors (Lipinski definition) is 1. The van der Waals surface area contributed by atoms with Crippen LogP contribution in [0.25, 0.3) is 0 Å². The highest BCUT2D eigenvalue weighted by Crippen LogP contribution is 2.24. The van der Waals surface area contributed by atoms with Gasteiger partial charge in [0.15, 0.2) is 5.11 Å². The second-order valence-corrected chi connectivity index (χ2v) is 4.59. The van der Waals surface area contributed by atoms with Crippen LogP contribution in [0.2, 0.25) is 10.0 Å². The normalized spacial score (nSPS) is 9.94. The van der Waals surface area contributed by atoms with Crippen LogP contribution in [-0.4, -0.2) is 11.7 Å². The smallest absolute Gasteiger partial charge is 0.170 e. The summed E-state index contributed by atoms with van der Waals surface area (Å²) in [6.07, 6.45) is 2.24. The number of halogens is 2. The molecule has 0 aliphatic rings. The van der Waals surface area contributed by atoms with E-state index < -0.39 is 0 Å². The number of rotatable bonds is 4. The molecule has 0 spiro atoms. The van der Waals surface area contributed by atoms with Crippen LogP contribution in [0, 0.1) is 0 Å². The highest BCUT2D eigenvalue weighted by molar-refractivity contribution is 7.80. The first-order valence-corrected chi connectivity index (χ1v) is 6.29. The molecule has 0 radical (unpaired) electrons. The zero-order valence-corrected chi connectivity index (χ0v) is 11.3. The van der Waals surface area contributed by atoms with E-state index in [0.29, 0.717) is 15.2 Å². The lowest BCUT2D eigenvalue weighted by Gasteiger charge is -2.10. The molecule has 1 aromatic carbocycles. The van der Waals surface area contributed by atoms with Crippen molar-refractivity contribution in [3.05, 3.63) is 28.2 Å². The molecule has 2 nitrogen and oxygen atoms in total. The molecule has 1 rings (SSSR count). The van der Waals surface area contributed by atoms with Gasteiger partial charge in [0.25, 0.3) is 0 Å². The van der Waals surface area contributed by atoms with Gasteiger partial charge >= 0.3 is 0 Å². The van der Waals surface area contributed by atoms with Gasteiger partial charge in [-0.3, -0.25) is 0 Å². The minimum atomic E-state index is 0.517. The van der Waals surface area contributed by atoms with E-state index in [1.807, 2.05) is 6.07 Å². The van der Waals surface area contributed by atoms with Crippen molar-refractivity contribution in [1.82, 2.24) is 5.32 Å². The molecule has 0 bridgehead atoms. The van der Waals surface area contributed by atoms with Gasteiger partial charge < -0.3 is 10.6 Å². The van der Waals surface area contributed by atoms with Crippen molar-refractivity contribution in [2.24, 2.45) is 0 Å². The van der Waals surface area contributed by atoms with Gasteiger partial charge in [-0.15, -0.1) is 0 Å². The van der Waals surface area contributed by atoms with Crippen LogP contribution in [0.3, 0.4) is 0 Å². The largest absolute Gasteiger partial charge is 0.362 e. The Morgan fingerprint density at radius 1 is 1.31 bits per heavy atom. The van der Waals surface area contributed by atoms with Crippen molar-refractivity contribution in [3.63, 3.8) is 0 Å². The summed E-state index contributed by atoms with van der Waals surface area (Å²) in [7, 11) is 0. The fourth-order valence-corrected chi connectivity index (χ4v) is 1.65. The van der Waals surface area contributed by atoms with Gasteiger partial charge in [-0.2, -0.15) is 0 Å². The second kappa shape index (κ2) is 6.94. The van der Waals surface area contributed by atoms with Gasteiger partial charge in [-0.25, -0.2) is 0 Å². The lowest BCUT2D eigenvalue weighted by molar-refractivity contribution is 0.758. The quantitative estimate of drug-likeness (QED) is 0.640. The van der Waals surface area contributed by atoms with E-state index in [1.54, 1.807) is 12.1 Å². The highest BCUT2D eigenvalue weighted by atomic mass is 35.5. The zero-order chi connectivity index (χ0) is 12.0. The maximum Gasteiger partial charge on any atom is 0.170 e. The Kier molecular flexibility index (Phi) is 5.88. The topological polar surface area (TPSA) is 24.1 Å². The van der Waals surface area contributed by atoms with Crippen LogP contribution in [0.4, 0.5) is 5.69 Å². The first kappa shape index (κ1) is 13.6. The number of thiocarbonyl (C=S) groups is 1. The summed E-state index contributed by atoms with van der Waals surface area (Å²) in [5.74, 6) is 0. The SMILES string of the molecule is CCCCNC(=S)Nc1ccc(Cl)c(Cl)c1. The first-order valence-electron chi connectivity index (χ1n) is 5.13. The summed E-state index contributed by atoms with van der Waals surface area (Å²) in [5, 5.41) is 7.82. The average molecular weight is 277 g/mol. The summed E-state index contributed by atoms with van der Waals surface area (Å²) in [4.78, 5) is 0. The standard InChI is InChI=1S/C11H14Cl2N2S/c1-2-3-6-14-11(16)15-8-4-5-9(12)10(13)7-8/h4-5,7H,2-3,6H2,1H3,(H2,14,15,16). The van der Waals surface area contributed by atoms with E-state index in [1.165, 1.54) is 0 Å². The Morgan fingerprint density at radius 2 is 2.06 bits per heavy atom. The molecule has 0 heterocycles. The third-order valence-corrected chi connectivity index (χ3v) is 2.98. The van der Waals surface area contributed by atoms with E-state index in [0.717, 1.165) is 25.1 Å². The maximum atomic E-state index is 5.89. The zero-order valence-electron chi connectivity index (χ0n) is 9.02. The predicted octanol–water partition coefficient (Wildman–Crippen LogP) is 4.08. The number of unbranched alkanes of at least 4 members (excludes halogenated alkanes) is 1. The van der Waals surface area contributed by atoms with Crippen molar-refractivity contribution in [3.8, 4) is 0 Å². The summed E-state index contributed by atoms with van der Waals surface area (Å²) in [6, 6.07) is 5.32. The molecule has 0 unspecified atom stereocenters. The van der Waals surface area contributed by atoms with E-state index in [9.17, 15) is 0 Å². The van der Waals surface area contributed by atoms with Gasteiger partial charge in [0.2, 0.25) is 0 Å². The minimum absolute atomic E-state index is 0.517. The van der Waals surface area contributed by atoms with Crippen LogP contribution < -0.4 is 10.6 Å². The summed E-state index contributed by atoms with van der Waals surface area (Å²) >= 11 is 16.8. The van der Waals surface area contributed by atoms with Crippen molar-refractivity contribution >= 4 is 46.2 Å². The van der Waals surface area contributed by atoms with Crippen LogP contribution in [0.5, 0.6) is 0 Å². The highest BCUT2D eigenvalue weighted by Gasteiger charge is 2.00. The van der Waals surface area contributed by atoms with Gasteiger partial charge in [-0.05, 0) is 36.8 Å². The molecule has 0 amide bonds. The van der Waals surface area contributed by atoms with E-state index in [-0.39, 0.29) is 0 Å². The van der Waals surface area contributed by atoms with Crippen molar-refractivity contribution < 1.29 is 0 Å². The number of benzene rings is 1. The fraction of sp³-hybridized carbons (Fsp3) is 0.364. The summed E-state index contributed by atoms with van der Waals surface area (Å²) in [6.45, 7) is 3.01. The fourth-order valence-electron chi connectivity index (χ4n) is 1.13. The van der Waals surface area contributed by atoms with E-state index in [2.05, 4.69) is 17.6 Å². The Labute approximate surface area is 111 Å². The van der Waals surface area contributed by atoms with Crippen molar-refractivity contribution in [1.29, 1.82) is 0 Å². The lowest BCUT2D eigenvalue weighted by atomic mass is 10.3. The monoisotopic (exact) mass is 276 g/mol. The summed E-state index contributed by atoms with van der Waals surface area (Å²) in [5.41, 5.74) is 0.836. The third kappa shape index (κ3) is 4.56. The van der Waals surface area contributed by atoms with Crippen molar-refractivity contribution in [2.75, 3.05) is 11.9 Å². The van der Waals surface area contributed by atoms with Gasteiger partial charge in [0.1, 0.15) is 0 Å². The Balaban J connectivity index is 2.46. The van der Waals surface area contributed by atoms with Crippen LogP contribution in [-0.2, 0) is 0 Å². The Morgan fingerprint density at radius 3 is 2.69 bits per heavy atom. The molecular formula is C11H14Cl2N2S. The number of nitrogens with one attached hydrogen (secondary N) is 2. The van der Waals surface area contributed by atoms with Crippen LogP contribution in [0.1, 0.15) is 19.8 Å². The molecule has 0 saturated heterocycles. The third-order valence-electron chi connectivity index (χ3n) is 1.99. The predicted molar refractivity (Wildman–Crippen MR) is 75.6 cm³/mol. The average Bonchev–Trinajstić information content (AvgIpc) is 2.24. The second-order valence-electron chi connectivity index (χ2n) is 3.36. The molecule has 16 heavy (non-hydrogen) atoms.